The molecular formula is C24H40N4O4. The Bertz CT molecular complexity index is 658. The molecule has 0 aromatic carbocycles. The molecule has 2 N–H and O–H groups in total. The second-order valence-corrected chi connectivity index (χ2v) is 10.5. The lowest BCUT2D eigenvalue weighted by Gasteiger charge is -2.52. The largest absolute Gasteiger partial charge is 0.444 e. The Hall–Kier alpha value is -1.54. The number of fused-ring (bicyclic) bond motifs is 2. The minimum atomic E-state index is -0.303. The van der Waals surface area contributed by atoms with Crippen molar-refractivity contribution in [3.8, 4) is 0 Å². The van der Waals surface area contributed by atoms with E-state index in [-0.39, 0.29) is 36.2 Å². The van der Waals surface area contributed by atoms with Crippen LogP contribution in [0.3, 0.4) is 0 Å². The first kappa shape index (κ1) is 22.3. The molecule has 2 saturated heterocycles. The molecule has 0 aromatic rings. The maximum atomic E-state index is 13.2. The highest BCUT2D eigenvalue weighted by molar-refractivity contribution is 5.75. The summed E-state index contributed by atoms with van der Waals surface area (Å²) in [5, 5.41) is 6.35. The maximum absolute atomic E-state index is 13.2. The van der Waals surface area contributed by atoms with E-state index in [1.165, 1.54) is 25.7 Å². The zero-order valence-corrected chi connectivity index (χ0v) is 19.3. The van der Waals surface area contributed by atoms with Gasteiger partial charge in [0.2, 0.25) is 0 Å². The minimum Gasteiger partial charge on any atom is -0.444 e. The fraction of sp³-hybridized carbons (Fsp3) is 0.917. The van der Waals surface area contributed by atoms with E-state index in [4.69, 9.17) is 9.47 Å². The topological polar surface area (TPSA) is 83.1 Å². The van der Waals surface area contributed by atoms with Crippen LogP contribution in [0.5, 0.6) is 0 Å². The predicted octanol–water partition coefficient (Wildman–Crippen LogP) is 2.86. The third-order valence-corrected chi connectivity index (χ3v) is 8.52. The summed E-state index contributed by atoms with van der Waals surface area (Å²) in [6.07, 6.45) is 11.4. The first-order valence-electron chi connectivity index (χ1n) is 13.0. The molecular weight excluding hydrogens is 408 g/mol. The van der Waals surface area contributed by atoms with Crippen LogP contribution in [0.25, 0.3) is 0 Å². The van der Waals surface area contributed by atoms with Crippen molar-refractivity contribution < 1.29 is 19.1 Å². The Morgan fingerprint density at radius 1 is 0.844 bits per heavy atom. The van der Waals surface area contributed by atoms with Gasteiger partial charge in [-0.3, -0.25) is 4.90 Å². The van der Waals surface area contributed by atoms with E-state index in [0.717, 1.165) is 71.2 Å². The van der Waals surface area contributed by atoms with Crippen molar-refractivity contribution in [2.24, 2.45) is 5.92 Å². The van der Waals surface area contributed by atoms with Crippen LogP contribution in [-0.2, 0) is 9.47 Å². The van der Waals surface area contributed by atoms with Crippen molar-refractivity contribution in [1.82, 2.24) is 20.4 Å². The SMILES string of the molecule is O=C(NC1CCCC1)O[C@H]1CN(C(=O)NC2CCCC2)[C@H]2CC[C@@H](N3CCOCC3)[C@@H]1C2. The summed E-state index contributed by atoms with van der Waals surface area (Å²) in [4.78, 5) is 30.5. The van der Waals surface area contributed by atoms with E-state index in [0.29, 0.717) is 18.6 Å². The monoisotopic (exact) mass is 448 g/mol. The Balaban J connectivity index is 1.27. The highest BCUT2D eigenvalue weighted by Gasteiger charge is 2.48. The van der Waals surface area contributed by atoms with Crippen molar-refractivity contribution in [1.29, 1.82) is 0 Å². The maximum Gasteiger partial charge on any atom is 0.407 e. The van der Waals surface area contributed by atoms with Crippen molar-refractivity contribution in [3.63, 3.8) is 0 Å². The number of hydrogen-bond acceptors (Lipinski definition) is 5. The van der Waals surface area contributed by atoms with Crippen LogP contribution in [0.1, 0.15) is 70.6 Å². The number of piperidine rings is 1. The molecule has 8 nitrogen and oxygen atoms in total. The van der Waals surface area contributed by atoms with Crippen LogP contribution in [0, 0.1) is 5.92 Å². The summed E-state index contributed by atoms with van der Waals surface area (Å²) in [6.45, 7) is 3.94. The first-order chi connectivity index (χ1) is 15.7. The Labute approximate surface area is 191 Å². The molecule has 0 spiro atoms. The number of urea groups is 1. The summed E-state index contributed by atoms with van der Waals surface area (Å²) < 4.78 is 11.7. The Morgan fingerprint density at radius 3 is 2.19 bits per heavy atom. The molecule has 3 saturated carbocycles. The highest BCUT2D eigenvalue weighted by atomic mass is 16.6. The number of carbonyl (C=O) groups is 2. The molecule has 5 fully saturated rings. The van der Waals surface area contributed by atoms with Gasteiger partial charge in [-0.05, 0) is 44.9 Å². The van der Waals surface area contributed by atoms with E-state index in [1.54, 1.807) is 0 Å². The molecule has 5 aliphatic rings. The number of ether oxygens (including phenoxy) is 2. The van der Waals surface area contributed by atoms with E-state index in [9.17, 15) is 9.59 Å². The summed E-state index contributed by atoms with van der Waals surface area (Å²) in [5.74, 6) is 0.275. The molecule has 3 amide bonds. The van der Waals surface area contributed by atoms with Gasteiger partial charge in [-0.1, -0.05) is 25.7 Å². The third-order valence-electron chi connectivity index (χ3n) is 8.52. The number of carbonyl (C=O) groups excluding carboxylic acids is 2. The zero-order chi connectivity index (χ0) is 21.9. The van der Waals surface area contributed by atoms with Gasteiger partial charge in [-0.25, -0.2) is 9.59 Å². The number of nitrogens with one attached hydrogen (secondary N) is 2. The van der Waals surface area contributed by atoms with Gasteiger partial charge in [0.15, 0.2) is 0 Å². The fourth-order valence-electron chi connectivity index (χ4n) is 6.80. The van der Waals surface area contributed by atoms with Crippen LogP contribution < -0.4 is 10.6 Å². The molecule has 4 atom stereocenters. The average Bonchev–Trinajstić information content (AvgIpc) is 3.51. The van der Waals surface area contributed by atoms with Gasteiger partial charge >= 0.3 is 12.1 Å². The average molecular weight is 449 g/mol. The first-order valence-corrected chi connectivity index (χ1v) is 13.0. The second kappa shape index (κ2) is 10.2. The summed E-state index contributed by atoms with van der Waals surface area (Å²) in [6, 6.07) is 1.22. The van der Waals surface area contributed by atoms with Crippen LogP contribution in [0.4, 0.5) is 9.59 Å². The Kier molecular flexibility index (Phi) is 7.07. The van der Waals surface area contributed by atoms with Gasteiger partial charge in [-0.2, -0.15) is 0 Å². The standard InChI is InChI=1S/C24H40N4O4/c29-23(25-17-5-1-2-6-17)28-16-22(32-24(30)26-18-7-3-4-8-18)20-15-19(28)9-10-21(20)27-11-13-31-14-12-27/h17-22H,1-16H2,(H,25,29)(H,26,30)/t19-,20-,21+,22-/m0/s1. The third kappa shape index (κ3) is 5.01. The number of nitrogens with zero attached hydrogens (tertiary/aromatic N) is 2. The van der Waals surface area contributed by atoms with Gasteiger partial charge < -0.3 is 25.0 Å². The lowest BCUT2D eigenvalue weighted by Crippen LogP contribution is -2.64. The quantitative estimate of drug-likeness (QED) is 0.691. The molecule has 3 aliphatic carbocycles. The van der Waals surface area contributed by atoms with Crippen LogP contribution in [-0.4, -0.2) is 85.0 Å². The van der Waals surface area contributed by atoms with Gasteiger partial charge in [0, 0.05) is 43.2 Å². The summed E-state index contributed by atoms with van der Waals surface area (Å²) in [7, 11) is 0. The summed E-state index contributed by atoms with van der Waals surface area (Å²) in [5.41, 5.74) is 0. The molecule has 0 unspecified atom stereocenters. The second-order valence-electron chi connectivity index (χ2n) is 10.5. The predicted molar refractivity (Wildman–Crippen MR) is 120 cm³/mol. The van der Waals surface area contributed by atoms with Gasteiger partial charge in [0.25, 0.3) is 0 Å². The van der Waals surface area contributed by atoms with E-state index in [2.05, 4.69) is 15.5 Å². The van der Waals surface area contributed by atoms with E-state index in [1.807, 2.05) is 4.90 Å². The van der Waals surface area contributed by atoms with Crippen LogP contribution >= 0.6 is 0 Å². The van der Waals surface area contributed by atoms with Crippen molar-refractivity contribution in [2.75, 3.05) is 32.8 Å². The molecule has 2 heterocycles. The molecule has 2 bridgehead atoms. The summed E-state index contributed by atoms with van der Waals surface area (Å²) >= 11 is 0. The molecule has 5 rings (SSSR count). The van der Waals surface area contributed by atoms with Gasteiger partial charge in [0.1, 0.15) is 6.10 Å². The molecule has 0 radical (unpaired) electrons. The number of amides is 3. The van der Waals surface area contributed by atoms with E-state index >= 15 is 0 Å². The molecule has 8 heteroatoms. The number of morpholine rings is 1. The lowest BCUT2D eigenvalue weighted by atomic mass is 9.74. The molecule has 0 aromatic heterocycles. The smallest absolute Gasteiger partial charge is 0.407 e. The van der Waals surface area contributed by atoms with Crippen LogP contribution in [0.15, 0.2) is 0 Å². The van der Waals surface area contributed by atoms with Crippen LogP contribution in [0.2, 0.25) is 0 Å². The van der Waals surface area contributed by atoms with Gasteiger partial charge in [-0.15, -0.1) is 0 Å². The number of rotatable bonds is 4. The lowest BCUT2D eigenvalue weighted by molar-refractivity contribution is -0.0823. The minimum absolute atomic E-state index is 0.0370. The van der Waals surface area contributed by atoms with E-state index < -0.39 is 0 Å². The highest BCUT2D eigenvalue weighted by Crippen LogP contribution is 2.39. The van der Waals surface area contributed by atoms with Crippen molar-refractivity contribution in [3.05, 3.63) is 0 Å². The zero-order valence-electron chi connectivity index (χ0n) is 19.3. The normalized spacial score (nSPS) is 34.4. The van der Waals surface area contributed by atoms with Crippen molar-refractivity contribution in [2.45, 2.75) is 101 Å². The molecule has 2 aliphatic heterocycles. The van der Waals surface area contributed by atoms with Crippen molar-refractivity contribution >= 4 is 12.1 Å². The number of likely N-dealkylation sites (tertiary alicyclic amines) is 1. The van der Waals surface area contributed by atoms with Gasteiger partial charge in [0.05, 0.1) is 19.8 Å². The fourth-order valence-corrected chi connectivity index (χ4v) is 6.80. The number of alkyl carbamates (subject to hydrolysis) is 1. The number of hydrogen-bond donors (Lipinski definition) is 2. The molecule has 180 valence electrons. The molecule has 32 heavy (non-hydrogen) atoms. The Morgan fingerprint density at radius 2 is 1.50 bits per heavy atom.